The Morgan fingerprint density at radius 3 is 2.57 bits per heavy atom. The fraction of sp³-hybridized carbons (Fsp3) is 0.320. The van der Waals surface area contributed by atoms with Crippen molar-refractivity contribution in [2.75, 3.05) is 31.2 Å². The SMILES string of the molecule is OC1CC(c2ccccc2OC(F)F)c2c1nc1ccc(-c3cnc(N4CCOCC4)nc3)cn21. The van der Waals surface area contributed by atoms with E-state index >= 15 is 0 Å². The zero-order valence-corrected chi connectivity index (χ0v) is 18.7. The molecule has 0 spiro atoms. The topological polar surface area (TPSA) is 85.0 Å². The molecule has 2 unspecified atom stereocenters. The van der Waals surface area contributed by atoms with Gasteiger partial charge in [0.05, 0.1) is 30.7 Å². The standard InChI is InChI=1S/C25H23F2N5O3/c26-24(27)35-20-4-2-1-3-17(20)18-11-19(33)22-23(18)32-14-15(5-6-21(32)30-22)16-12-28-25(29-13-16)31-7-9-34-10-8-31/h1-6,12-14,18-19,24,33H,7-11H2. The fourth-order valence-corrected chi connectivity index (χ4v) is 4.93. The monoisotopic (exact) mass is 479 g/mol. The number of morpholine rings is 1. The van der Waals surface area contributed by atoms with Crippen LogP contribution in [0.1, 0.15) is 35.4 Å². The molecular formula is C25H23F2N5O3. The summed E-state index contributed by atoms with van der Waals surface area (Å²) in [6.07, 6.45) is 5.04. The Bertz CT molecular complexity index is 1360. The van der Waals surface area contributed by atoms with Crippen LogP contribution in [-0.4, -0.2) is 57.4 Å². The highest BCUT2D eigenvalue weighted by molar-refractivity contribution is 5.65. The number of nitrogens with zero attached hydrogens (tertiary/aromatic N) is 5. The molecule has 1 aromatic carbocycles. The van der Waals surface area contributed by atoms with Crippen LogP contribution in [0.5, 0.6) is 5.75 Å². The molecule has 0 amide bonds. The van der Waals surface area contributed by atoms with E-state index in [0.717, 1.165) is 29.9 Å². The van der Waals surface area contributed by atoms with E-state index < -0.39 is 12.7 Å². The number of pyridine rings is 1. The third-order valence-electron chi connectivity index (χ3n) is 6.56. The number of ether oxygens (including phenoxy) is 2. The molecule has 6 rings (SSSR count). The van der Waals surface area contributed by atoms with E-state index in [9.17, 15) is 13.9 Å². The third-order valence-corrected chi connectivity index (χ3v) is 6.56. The van der Waals surface area contributed by atoms with Gasteiger partial charge >= 0.3 is 6.61 Å². The lowest BCUT2D eigenvalue weighted by Crippen LogP contribution is -2.37. The molecule has 1 N–H and O–H groups in total. The summed E-state index contributed by atoms with van der Waals surface area (Å²) in [7, 11) is 0. The van der Waals surface area contributed by atoms with E-state index in [1.807, 2.05) is 22.7 Å². The Morgan fingerprint density at radius 1 is 1.03 bits per heavy atom. The zero-order valence-electron chi connectivity index (χ0n) is 18.7. The molecule has 1 aliphatic carbocycles. The fourth-order valence-electron chi connectivity index (χ4n) is 4.93. The number of imidazole rings is 1. The quantitative estimate of drug-likeness (QED) is 0.466. The molecule has 1 aliphatic heterocycles. The Hall–Kier alpha value is -3.63. The van der Waals surface area contributed by atoms with Gasteiger partial charge in [-0.25, -0.2) is 15.0 Å². The Kier molecular flexibility index (Phi) is 5.54. The van der Waals surface area contributed by atoms with Crippen LogP contribution in [0.25, 0.3) is 16.8 Å². The number of benzene rings is 1. The van der Waals surface area contributed by atoms with E-state index in [2.05, 4.69) is 19.9 Å². The Balaban J connectivity index is 1.38. The number of anilines is 1. The molecule has 4 aromatic rings. The van der Waals surface area contributed by atoms with Gasteiger partial charge in [0, 0.05) is 54.3 Å². The van der Waals surface area contributed by atoms with E-state index in [-0.39, 0.29) is 11.7 Å². The lowest BCUT2D eigenvalue weighted by molar-refractivity contribution is -0.0506. The normalized spacial score (nSPS) is 19.9. The second-order valence-corrected chi connectivity index (χ2v) is 8.62. The molecule has 0 saturated carbocycles. The van der Waals surface area contributed by atoms with Crippen molar-refractivity contribution in [1.82, 2.24) is 19.4 Å². The summed E-state index contributed by atoms with van der Waals surface area (Å²) in [5.41, 5.74) is 4.30. The van der Waals surface area contributed by atoms with Crippen molar-refractivity contribution < 1.29 is 23.4 Å². The van der Waals surface area contributed by atoms with Crippen LogP contribution in [0.4, 0.5) is 14.7 Å². The largest absolute Gasteiger partial charge is 0.435 e. The summed E-state index contributed by atoms with van der Waals surface area (Å²) < 4.78 is 38.1. The van der Waals surface area contributed by atoms with Crippen molar-refractivity contribution in [3.05, 3.63) is 71.9 Å². The van der Waals surface area contributed by atoms with Gasteiger partial charge in [0.15, 0.2) is 0 Å². The second kappa shape index (κ2) is 8.86. The minimum absolute atomic E-state index is 0.103. The highest BCUT2D eigenvalue weighted by Gasteiger charge is 2.37. The molecule has 1 saturated heterocycles. The highest BCUT2D eigenvalue weighted by atomic mass is 19.3. The average molecular weight is 479 g/mol. The number of aromatic nitrogens is 4. The molecule has 10 heteroatoms. The van der Waals surface area contributed by atoms with Gasteiger partial charge in [-0.2, -0.15) is 8.78 Å². The first-order valence-corrected chi connectivity index (χ1v) is 11.5. The van der Waals surface area contributed by atoms with Crippen LogP contribution < -0.4 is 9.64 Å². The zero-order chi connectivity index (χ0) is 23.9. The Labute approximate surface area is 199 Å². The first-order valence-electron chi connectivity index (χ1n) is 11.5. The summed E-state index contributed by atoms with van der Waals surface area (Å²) in [5.74, 6) is 0.423. The molecular weight excluding hydrogens is 456 g/mol. The molecule has 0 bridgehead atoms. The lowest BCUT2D eigenvalue weighted by Gasteiger charge is -2.26. The maximum absolute atomic E-state index is 13.0. The average Bonchev–Trinajstić information content (AvgIpc) is 3.42. The van der Waals surface area contributed by atoms with Crippen LogP contribution in [0.15, 0.2) is 55.0 Å². The number of rotatable bonds is 5. The maximum atomic E-state index is 13.0. The van der Waals surface area contributed by atoms with Crippen LogP contribution in [0.3, 0.4) is 0 Å². The van der Waals surface area contributed by atoms with Crippen LogP contribution in [0, 0.1) is 0 Å². The molecule has 3 aromatic heterocycles. The number of para-hydroxylation sites is 1. The maximum Gasteiger partial charge on any atom is 0.387 e. The van der Waals surface area contributed by atoms with Gasteiger partial charge < -0.3 is 23.9 Å². The van der Waals surface area contributed by atoms with Crippen molar-refractivity contribution in [3.63, 3.8) is 0 Å². The van der Waals surface area contributed by atoms with Gasteiger partial charge in [-0.15, -0.1) is 0 Å². The van der Waals surface area contributed by atoms with Gasteiger partial charge in [0.1, 0.15) is 11.4 Å². The number of hydrogen-bond acceptors (Lipinski definition) is 7. The predicted octanol–water partition coefficient (Wildman–Crippen LogP) is 3.80. The van der Waals surface area contributed by atoms with Crippen molar-refractivity contribution in [2.24, 2.45) is 0 Å². The number of halogens is 2. The first-order chi connectivity index (χ1) is 17.1. The molecule has 8 nitrogen and oxygen atoms in total. The minimum Gasteiger partial charge on any atom is -0.435 e. The molecule has 2 aliphatic rings. The third kappa shape index (κ3) is 3.98. The van der Waals surface area contributed by atoms with Crippen molar-refractivity contribution in [1.29, 1.82) is 0 Å². The predicted molar refractivity (Wildman–Crippen MR) is 124 cm³/mol. The van der Waals surface area contributed by atoms with Gasteiger partial charge in [0.25, 0.3) is 0 Å². The smallest absolute Gasteiger partial charge is 0.387 e. The minimum atomic E-state index is -2.93. The Morgan fingerprint density at radius 2 is 1.80 bits per heavy atom. The van der Waals surface area contributed by atoms with E-state index in [1.165, 1.54) is 6.07 Å². The van der Waals surface area contributed by atoms with E-state index in [1.54, 1.807) is 30.6 Å². The van der Waals surface area contributed by atoms with E-state index in [4.69, 9.17) is 9.47 Å². The van der Waals surface area contributed by atoms with E-state index in [0.29, 0.717) is 42.5 Å². The molecule has 2 atom stereocenters. The number of alkyl halides is 2. The van der Waals surface area contributed by atoms with Crippen LogP contribution >= 0.6 is 0 Å². The first kappa shape index (κ1) is 21.9. The van der Waals surface area contributed by atoms with Gasteiger partial charge in [-0.05, 0) is 24.6 Å². The van der Waals surface area contributed by atoms with Gasteiger partial charge in [-0.1, -0.05) is 18.2 Å². The highest BCUT2D eigenvalue weighted by Crippen LogP contribution is 2.47. The van der Waals surface area contributed by atoms with Crippen molar-refractivity contribution >= 4 is 11.6 Å². The summed E-state index contributed by atoms with van der Waals surface area (Å²) in [6, 6.07) is 10.5. The number of fused-ring (bicyclic) bond motifs is 3. The molecule has 1 fully saturated rings. The summed E-state index contributed by atoms with van der Waals surface area (Å²) in [4.78, 5) is 15.8. The molecule has 180 valence electrons. The number of hydrogen-bond donors (Lipinski definition) is 1. The van der Waals surface area contributed by atoms with Crippen molar-refractivity contribution in [2.45, 2.75) is 25.1 Å². The number of aliphatic hydroxyl groups excluding tert-OH is 1. The van der Waals surface area contributed by atoms with Crippen LogP contribution in [0.2, 0.25) is 0 Å². The van der Waals surface area contributed by atoms with Crippen LogP contribution in [-0.2, 0) is 4.74 Å². The summed E-state index contributed by atoms with van der Waals surface area (Å²) in [6.45, 7) is -0.103. The molecule has 35 heavy (non-hydrogen) atoms. The lowest BCUT2D eigenvalue weighted by atomic mass is 9.95. The second-order valence-electron chi connectivity index (χ2n) is 8.62. The molecule has 4 heterocycles. The summed E-state index contributed by atoms with van der Waals surface area (Å²) >= 11 is 0. The van der Waals surface area contributed by atoms with Gasteiger partial charge in [-0.3, -0.25) is 0 Å². The van der Waals surface area contributed by atoms with Gasteiger partial charge in [0.2, 0.25) is 5.95 Å². The number of aliphatic hydroxyl groups is 1. The molecule has 0 radical (unpaired) electrons. The summed E-state index contributed by atoms with van der Waals surface area (Å²) in [5, 5.41) is 10.7. The van der Waals surface area contributed by atoms with Crippen molar-refractivity contribution in [3.8, 4) is 16.9 Å².